The second-order valence-electron chi connectivity index (χ2n) is 6.09. The van der Waals surface area contributed by atoms with E-state index < -0.39 is 5.97 Å². The molecule has 0 rings (SSSR count). The second-order valence-corrected chi connectivity index (χ2v) is 6.09. The maximum atomic E-state index is 10.3. The van der Waals surface area contributed by atoms with Crippen LogP contribution in [0.25, 0.3) is 0 Å². The van der Waals surface area contributed by atoms with Crippen LogP contribution < -0.4 is 0 Å². The fourth-order valence-corrected chi connectivity index (χ4v) is 2.65. The Morgan fingerprint density at radius 3 is 1.17 bits per heavy atom. The van der Waals surface area contributed by atoms with Gasteiger partial charge in [-0.1, -0.05) is 96.8 Å². The van der Waals surface area contributed by atoms with E-state index in [0.29, 0.717) is 6.42 Å². The molecule has 0 bridgehead atoms. The van der Waals surface area contributed by atoms with Crippen LogP contribution in [-0.4, -0.2) is 34.1 Å². The van der Waals surface area contributed by atoms with Crippen molar-refractivity contribution >= 4 is 29.0 Å². The molecule has 0 aliphatic rings. The number of hydrogen-bond donors (Lipinski definition) is 1. The minimum atomic E-state index is -0.653. The number of aliphatic carboxylic acids is 1. The molecule has 5 heteroatoms. The van der Waals surface area contributed by atoms with Gasteiger partial charge in [-0.15, -0.1) is 0 Å². The molecule has 0 aromatic rings. The third kappa shape index (κ3) is 30.9. The zero-order chi connectivity index (χ0) is 16.9. The van der Waals surface area contributed by atoms with Gasteiger partial charge in [0, 0.05) is 6.42 Å². The fraction of sp³-hybridized carbons (Fsp3) is 0.944. The molecule has 0 spiro atoms. The predicted molar refractivity (Wildman–Crippen MR) is 96.4 cm³/mol. The molecule has 0 radical (unpaired) electrons. The summed E-state index contributed by atoms with van der Waals surface area (Å²) in [6, 6.07) is 0. The van der Waals surface area contributed by atoms with Gasteiger partial charge in [0.1, 0.15) is 0 Å². The van der Waals surface area contributed by atoms with Gasteiger partial charge in [-0.25, -0.2) is 0 Å². The van der Waals surface area contributed by atoms with Crippen LogP contribution in [0.2, 0.25) is 0 Å². The number of unbranched alkanes of at least 4 members (excludes halogenated alkanes) is 14. The number of carbonyl (C=O) groups is 1. The van der Waals surface area contributed by atoms with Gasteiger partial charge in [-0.05, 0) is 6.42 Å². The summed E-state index contributed by atoms with van der Waals surface area (Å²) in [4.78, 5) is 10.3. The summed E-state index contributed by atoms with van der Waals surface area (Å²) in [5.41, 5.74) is 0. The van der Waals surface area contributed by atoms with Gasteiger partial charge >= 0.3 is 48.8 Å². The van der Waals surface area contributed by atoms with Crippen LogP contribution in [0.1, 0.15) is 110 Å². The van der Waals surface area contributed by atoms with Crippen molar-refractivity contribution in [1.29, 1.82) is 0 Å². The molecule has 138 valence electrons. The minimum absolute atomic E-state index is 0. The van der Waals surface area contributed by atoms with E-state index in [-0.39, 0.29) is 23.1 Å². The van der Waals surface area contributed by atoms with Crippen LogP contribution in [0.4, 0.5) is 0 Å². The molecule has 0 aromatic carbocycles. The van der Waals surface area contributed by atoms with E-state index in [4.69, 9.17) is 8.94 Å². The van der Waals surface area contributed by atoms with Crippen LogP contribution in [0.5, 0.6) is 0 Å². The van der Waals surface area contributed by atoms with Gasteiger partial charge in [-0.3, -0.25) is 4.79 Å². The molecule has 1 N–H and O–H groups in total. The first kappa shape index (κ1) is 28.4. The van der Waals surface area contributed by atoms with Crippen molar-refractivity contribution < 1.29 is 29.7 Å². The van der Waals surface area contributed by atoms with Crippen molar-refractivity contribution in [2.75, 3.05) is 0 Å². The summed E-state index contributed by atoms with van der Waals surface area (Å²) in [6.07, 6.45) is 20.2. The number of hydrogen-bond acceptors (Lipinski definition) is 2. The van der Waals surface area contributed by atoms with Crippen LogP contribution in [-0.2, 0) is 24.6 Å². The molecular weight excluding hydrogens is 344 g/mol. The molecule has 0 unspecified atom stereocenters. The molecule has 3 nitrogen and oxygen atoms in total. The zero-order valence-electron chi connectivity index (χ0n) is 14.4. The molecule has 0 amide bonds. The average molecular weight is 383 g/mol. The fourth-order valence-electron chi connectivity index (χ4n) is 2.65. The van der Waals surface area contributed by atoms with E-state index in [2.05, 4.69) is 6.92 Å². The number of carboxylic acid groups (broad SMARTS) is 1. The quantitative estimate of drug-likeness (QED) is 0.291. The molecule has 0 heterocycles. The Labute approximate surface area is 167 Å². The first-order chi connectivity index (χ1) is 10.8. The van der Waals surface area contributed by atoms with E-state index >= 15 is 0 Å². The van der Waals surface area contributed by atoms with Crippen molar-refractivity contribution in [3.8, 4) is 0 Å². The summed E-state index contributed by atoms with van der Waals surface area (Å²) < 4.78 is 8.00. The van der Waals surface area contributed by atoms with E-state index in [1.54, 1.807) is 0 Å². The number of carboxylic acids is 1. The summed E-state index contributed by atoms with van der Waals surface area (Å²) in [5, 5.41) is 8.52. The Balaban J connectivity index is -0.00000128. The summed E-state index contributed by atoms with van der Waals surface area (Å²) in [6.45, 7) is 2.27. The molecular formula is C18H38FeMgO3. The Kier molecular flexibility index (Phi) is 33.8. The molecule has 0 aliphatic carbocycles. The van der Waals surface area contributed by atoms with Gasteiger partial charge in [0.2, 0.25) is 0 Å². The van der Waals surface area contributed by atoms with Crippen molar-refractivity contribution in [3.05, 3.63) is 0 Å². The van der Waals surface area contributed by atoms with Crippen LogP contribution in [0, 0.1) is 0 Å². The first-order valence-corrected chi connectivity index (χ1v) is 9.58. The Morgan fingerprint density at radius 2 is 0.913 bits per heavy atom. The first-order valence-electron chi connectivity index (χ1n) is 9.13. The van der Waals surface area contributed by atoms with Gasteiger partial charge in [0.25, 0.3) is 0 Å². The maximum absolute atomic E-state index is 10.3. The third-order valence-corrected chi connectivity index (χ3v) is 3.99. The van der Waals surface area contributed by atoms with Crippen LogP contribution >= 0.6 is 0 Å². The van der Waals surface area contributed by atoms with E-state index in [0.717, 1.165) is 12.8 Å². The van der Waals surface area contributed by atoms with E-state index in [1.807, 2.05) is 15.9 Å². The summed E-state index contributed by atoms with van der Waals surface area (Å²) >= 11 is 2.00. The molecule has 0 saturated carbocycles. The standard InChI is InChI=1S/C18H36O2.Fe.Mg.O.2H/c1-2-3-4-5-6-7-8-9-10-11-12-13-14-15-16-17-18(19)20;;;;;/h2-17H2,1H3,(H,19,20);;;;;. The molecule has 0 aromatic heterocycles. The molecule has 0 saturated heterocycles. The Hall–Kier alpha value is 0.556. The average Bonchev–Trinajstić information content (AvgIpc) is 2.53. The zero-order valence-corrected chi connectivity index (χ0v) is 15.5. The third-order valence-electron chi connectivity index (χ3n) is 3.99. The number of rotatable bonds is 16. The van der Waals surface area contributed by atoms with Gasteiger partial charge in [0.15, 0.2) is 0 Å². The van der Waals surface area contributed by atoms with Gasteiger partial charge in [0.05, 0.1) is 0 Å². The van der Waals surface area contributed by atoms with Gasteiger partial charge < -0.3 is 5.11 Å². The van der Waals surface area contributed by atoms with E-state index in [9.17, 15) is 4.79 Å². The summed E-state index contributed by atoms with van der Waals surface area (Å²) in [5.74, 6) is -0.653. The Morgan fingerprint density at radius 1 is 0.652 bits per heavy atom. The predicted octanol–water partition coefficient (Wildman–Crippen LogP) is 5.30. The van der Waals surface area contributed by atoms with Gasteiger partial charge in [-0.2, -0.15) is 0 Å². The SMILES string of the molecule is CCCCCCCCCCCCCCCCCC(=O)O.[MgH2].[O]=[Fe]. The van der Waals surface area contributed by atoms with Crippen molar-refractivity contribution in [1.82, 2.24) is 0 Å². The van der Waals surface area contributed by atoms with Crippen LogP contribution in [0.3, 0.4) is 0 Å². The molecule has 23 heavy (non-hydrogen) atoms. The molecule has 0 atom stereocenters. The molecule has 0 aliphatic heterocycles. The Bertz CT molecular complexity index is 228. The van der Waals surface area contributed by atoms with Crippen molar-refractivity contribution in [2.45, 2.75) is 110 Å². The molecule has 0 fully saturated rings. The van der Waals surface area contributed by atoms with Crippen molar-refractivity contribution in [2.24, 2.45) is 0 Å². The monoisotopic (exact) mass is 382 g/mol. The topological polar surface area (TPSA) is 54.4 Å². The second kappa shape index (κ2) is 27.4. The van der Waals surface area contributed by atoms with Crippen molar-refractivity contribution in [3.63, 3.8) is 0 Å². The normalized spacial score (nSPS) is 9.65. The van der Waals surface area contributed by atoms with Crippen LogP contribution in [0.15, 0.2) is 0 Å². The van der Waals surface area contributed by atoms with E-state index in [1.165, 1.54) is 83.5 Å². The summed E-state index contributed by atoms with van der Waals surface area (Å²) in [7, 11) is 0.